The minimum absolute atomic E-state index is 0.123. The number of nitrogens with one attached hydrogen (secondary N) is 2. The van der Waals surface area contributed by atoms with E-state index in [1.54, 1.807) is 25.1 Å². The molecule has 0 aliphatic heterocycles. The van der Waals surface area contributed by atoms with Gasteiger partial charge in [-0.15, -0.1) is 0 Å². The van der Waals surface area contributed by atoms with Gasteiger partial charge in [0.1, 0.15) is 0 Å². The highest BCUT2D eigenvalue weighted by Gasteiger charge is 2.10. The van der Waals surface area contributed by atoms with Crippen LogP contribution >= 0.6 is 0 Å². The van der Waals surface area contributed by atoms with Crippen LogP contribution in [0.3, 0.4) is 0 Å². The smallest absolute Gasteiger partial charge is 0.337 e. The lowest BCUT2D eigenvalue weighted by molar-refractivity contribution is -0.120. The summed E-state index contributed by atoms with van der Waals surface area (Å²) in [4.78, 5) is 35.4. The zero-order chi connectivity index (χ0) is 18.9. The van der Waals surface area contributed by atoms with Crippen molar-refractivity contribution in [3.05, 3.63) is 65.2 Å². The van der Waals surface area contributed by atoms with Crippen molar-refractivity contribution in [2.24, 2.45) is 0 Å². The van der Waals surface area contributed by atoms with Gasteiger partial charge in [-0.3, -0.25) is 9.59 Å². The molecule has 6 heteroatoms. The molecule has 0 bridgehead atoms. The van der Waals surface area contributed by atoms with Gasteiger partial charge in [-0.1, -0.05) is 30.3 Å². The Morgan fingerprint density at radius 1 is 1.00 bits per heavy atom. The van der Waals surface area contributed by atoms with E-state index in [1.807, 2.05) is 30.3 Å². The van der Waals surface area contributed by atoms with E-state index in [4.69, 9.17) is 0 Å². The van der Waals surface area contributed by atoms with Gasteiger partial charge < -0.3 is 15.4 Å². The molecular weight excluding hydrogens is 332 g/mol. The fourth-order valence-corrected chi connectivity index (χ4v) is 2.42. The predicted molar refractivity (Wildman–Crippen MR) is 98.9 cm³/mol. The van der Waals surface area contributed by atoms with Crippen LogP contribution in [-0.4, -0.2) is 31.4 Å². The molecule has 0 unspecified atom stereocenters. The lowest BCUT2D eigenvalue weighted by Crippen LogP contribution is -2.29. The average molecular weight is 354 g/mol. The van der Waals surface area contributed by atoms with Gasteiger partial charge in [0.15, 0.2) is 0 Å². The summed E-state index contributed by atoms with van der Waals surface area (Å²) in [6, 6.07) is 14.3. The highest BCUT2D eigenvalue weighted by atomic mass is 16.5. The third-order valence-electron chi connectivity index (χ3n) is 3.80. The summed E-state index contributed by atoms with van der Waals surface area (Å²) in [7, 11) is 1.32. The Labute approximate surface area is 152 Å². The Bertz CT molecular complexity index is 788. The summed E-state index contributed by atoms with van der Waals surface area (Å²) in [5, 5.41) is 5.51. The lowest BCUT2D eigenvalue weighted by atomic mass is 10.1. The van der Waals surface area contributed by atoms with Crippen LogP contribution in [0.5, 0.6) is 0 Å². The second kappa shape index (κ2) is 9.36. The first-order valence-electron chi connectivity index (χ1n) is 8.29. The van der Waals surface area contributed by atoms with Crippen molar-refractivity contribution in [2.45, 2.75) is 19.8 Å². The van der Waals surface area contributed by atoms with Gasteiger partial charge in [-0.05, 0) is 36.2 Å². The number of anilines is 1. The Hall–Kier alpha value is -3.15. The molecule has 26 heavy (non-hydrogen) atoms. The highest BCUT2D eigenvalue weighted by molar-refractivity contribution is 5.94. The van der Waals surface area contributed by atoms with Crippen LogP contribution in [-0.2, 0) is 20.7 Å². The maximum Gasteiger partial charge on any atom is 0.337 e. The molecule has 0 saturated heterocycles. The minimum Gasteiger partial charge on any atom is -0.465 e. The van der Waals surface area contributed by atoms with Gasteiger partial charge in [-0.2, -0.15) is 0 Å². The molecule has 0 aromatic heterocycles. The molecule has 2 aromatic carbocycles. The van der Waals surface area contributed by atoms with E-state index in [0.29, 0.717) is 11.3 Å². The second-order valence-electron chi connectivity index (χ2n) is 5.83. The van der Waals surface area contributed by atoms with Crippen LogP contribution < -0.4 is 10.6 Å². The summed E-state index contributed by atoms with van der Waals surface area (Å²) in [6.45, 7) is 2.06. The summed E-state index contributed by atoms with van der Waals surface area (Å²) >= 11 is 0. The molecular formula is C20H22N2O4. The van der Waals surface area contributed by atoms with Crippen LogP contribution in [0.2, 0.25) is 0 Å². The van der Waals surface area contributed by atoms with Gasteiger partial charge in [0.2, 0.25) is 11.8 Å². The van der Waals surface area contributed by atoms with Gasteiger partial charge in [0.25, 0.3) is 0 Å². The number of esters is 1. The van der Waals surface area contributed by atoms with E-state index in [2.05, 4.69) is 15.4 Å². The van der Waals surface area contributed by atoms with E-state index in [-0.39, 0.29) is 31.2 Å². The highest BCUT2D eigenvalue weighted by Crippen LogP contribution is 2.17. The van der Waals surface area contributed by atoms with E-state index in [1.165, 1.54) is 7.11 Å². The molecule has 0 atom stereocenters. The zero-order valence-corrected chi connectivity index (χ0v) is 14.9. The number of hydrogen-bond donors (Lipinski definition) is 2. The molecule has 0 spiro atoms. The molecule has 0 heterocycles. The minimum atomic E-state index is -0.424. The Morgan fingerprint density at radius 3 is 2.38 bits per heavy atom. The molecule has 0 aliphatic carbocycles. The normalized spacial score (nSPS) is 10.1. The SMILES string of the molecule is COC(=O)c1ccc(NC(=O)CCNC(=O)Cc2ccccc2)c(C)c1. The van der Waals surface area contributed by atoms with E-state index in [0.717, 1.165) is 11.1 Å². The number of rotatable bonds is 7. The Balaban J connectivity index is 1.78. The number of carbonyl (C=O) groups excluding carboxylic acids is 3. The molecule has 2 rings (SSSR count). The molecule has 0 aliphatic rings. The number of methoxy groups -OCH3 is 1. The molecule has 2 aromatic rings. The maximum absolute atomic E-state index is 12.0. The van der Waals surface area contributed by atoms with E-state index in [9.17, 15) is 14.4 Å². The van der Waals surface area contributed by atoms with Crippen molar-refractivity contribution in [3.63, 3.8) is 0 Å². The summed E-state index contributed by atoms with van der Waals surface area (Å²) < 4.78 is 4.66. The third kappa shape index (κ3) is 5.73. The quantitative estimate of drug-likeness (QED) is 0.748. The molecule has 0 fully saturated rings. The Kier molecular flexibility index (Phi) is 6.91. The first kappa shape index (κ1) is 19.2. The Morgan fingerprint density at radius 2 is 1.73 bits per heavy atom. The lowest BCUT2D eigenvalue weighted by Gasteiger charge is -2.10. The topological polar surface area (TPSA) is 84.5 Å². The van der Waals surface area contributed by atoms with Crippen molar-refractivity contribution in [1.82, 2.24) is 5.32 Å². The van der Waals surface area contributed by atoms with E-state index < -0.39 is 5.97 Å². The number of carbonyl (C=O) groups is 3. The molecule has 136 valence electrons. The van der Waals surface area contributed by atoms with Crippen molar-refractivity contribution < 1.29 is 19.1 Å². The first-order valence-corrected chi connectivity index (χ1v) is 8.29. The fraction of sp³-hybridized carbons (Fsp3) is 0.250. The fourth-order valence-electron chi connectivity index (χ4n) is 2.42. The van der Waals surface area contributed by atoms with Crippen molar-refractivity contribution in [3.8, 4) is 0 Å². The van der Waals surface area contributed by atoms with E-state index >= 15 is 0 Å². The summed E-state index contributed by atoms with van der Waals surface area (Å²) in [6.07, 6.45) is 0.454. The van der Waals surface area contributed by atoms with Crippen molar-refractivity contribution >= 4 is 23.5 Å². The van der Waals surface area contributed by atoms with Crippen LogP contribution in [0, 0.1) is 6.92 Å². The largest absolute Gasteiger partial charge is 0.465 e. The average Bonchev–Trinajstić information content (AvgIpc) is 2.63. The molecule has 2 amide bonds. The van der Waals surface area contributed by atoms with Gasteiger partial charge in [0, 0.05) is 18.7 Å². The molecule has 2 N–H and O–H groups in total. The summed E-state index contributed by atoms with van der Waals surface area (Å²) in [5.74, 6) is -0.756. The zero-order valence-electron chi connectivity index (χ0n) is 14.9. The van der Waals surface area contributed by atoms with Crippen LogP contribution in [0.15, 0.2) is 48.5 Å². The maximum atomic E-state index is 12.0. The number of benzene rings is 2. The number of ether oxygens (including phenoxy) is 1. The predicted octanol–water partition coefficient (Wildman–Crippen LogP) is 2.47. The third-order valence-corrected chi connectivity index (χ3v) is 3.80. The van der Waals surface area contributed by atoms with Crippen LogP contribution in [0.4, 0.5) is 5.69 Å². The monoisotopic (exact) mass is 354 g/mol. The molecule has 0 radical (unpaired) electrons. The molecule has 6 nitrogen and oxygen atoms in total. The number of hydrogen-bond acceptors (Lipinski definition) is 4. The van der Waals surface area contributed by atoms with Crippen molar-refractivity contribution in [1.29, 1.82) is 0 Å². The standard InChI is InChI=1S/C20H22N2O4/c1-14-12-16(20(25)26-2)8-9-17(14)22-18(23)10-11-21-19(24)13-15-6-4-3-5-7-15/h3-9,12H,10-11,13H2,1-2H3,(H,21,24)(H,22,23). The van der Waals surface area contributed by atoms with Crippen LogP contribution in [0.1, 0.15) is 27.9 Å². The van der Waals surface area contributed by atoms with Crippen molar-refractivity contribution in [2.75, 3.05) is 19.0 Å². The van der Waals surface area contributed by atoms with Crippen LogP contribution in [0.25, 0.3) is 0 Å². The van der Waals surface area contributed by atoms with Gasteiger partial charge >= 0.3 is 5.97 Å². The van der Waals surface area contributed by atoms with Gasteiger partial charge in [0.05, 0.1) is 19.1 Å². The first-order chi connectivity index (χ1) is 12.5. The second-order valence-corrected chi connectivity index (χ2v) is 5.83. The van der Waals surface area contributed by atoms with Gasteiger partial charge in [-0.25, -0.2) is 4.79 Å². The molecule has 0 saturated carbocycles. The number of amides is 2. The number of aryl methyl sites for hydroxylation is 1. The summed E-state index contributed by atoms with van der Waals surface area (Å²) in [5.41, 5.74) is 2.74.